The van der Waals surface area contributed by atoms with Crippen molar-refractivity contribution in [1.82, 2.24) is 9.78 Å². The number of rotatable bonds is 7. The molecule has 0 spiro atoms. The van der Waals surface area contributed by atoms with Gasteiger partial charge in [0.05, 0.1) is 22.9 Å². The maximum Gasteiger partial charge on any atom is 0.261 e. The van der Waals surface area contributed by atoms with E-state index >= 15 is 0 Å². The molecule has 0 aliphatic heterocycles. The van der Waals surface area contributed by atoms with E-state index in [1.807, 2.05) is 13.8 Å². The highest BCUT2D eigenvalue weighted by Gasteiger charge is 2.16. The molecule has 0 unspecified atom stereocenters. The van der Waals surface area contributed by atoms with E-state index < -0.39 is 23.0 Å². The van der Waals surface area contributed by atoms with Crippen molar-refractivity contribution >= 4 is 15.7 Å². The summed E-state index contributed by atoms with van der Waals surface area (Å²) in [5.41, 5.74) is 0.119. The number of aromatic nitrogens is 2. The van der Waals surface area contributed by atoms with E-state index in [2.05, 4.69) is 9.82 Å². The van der Waals surface area contributed by atoms with E-state index in [9.17, 15) is 17.2 Å². The molecule has 1 aromatic carbocycles. The molecule has 23 heavy (non-hydrogen) atoms. The third-order valence-electron chi connectivity index (χ3n) is 2.72. The quantitative estimate of drug-likeness (QED) is 0.837. The van der Waals surface area contributed by atoms with Crippen LogP contribution in [0.1, 0.15) is 13.8 Å². The first kappa shape index (κ1) is 17.2. The van der Waals surface area contributed by atoms with Gasteiger partial charge in [0.1, 0.15) is 12.3 Å². The molecule has 0 radical (unpaired) electrons. The van der Waals surface area contributed by atoms with Gasteiger partial charge in [-0.15, -0.1) is 0 Å². The van der Waals surface area contributed by atoms with Gasteiger partial charge in [-0.25, -0.2) is 17.2 Å². The average molecular weight is 345 g/mol. The Bertz CT molecular complexity index is 743. The Kier molecular flexibility index (Phi) is 5.19. The summed E-state index contributed by atoms with van der Waals surface area (Å²) in [4.78, 5) is 0.0372. The number of nitrogens with one attached hydrogen (secondary N) is 1. The molecule has 2 rings (SSSR count). The van der Waals surface area contributed by atoms with E-state index in [0.717, 1.165) is 4.68 Å². The summed E-state index contributed by atoms with van der Waals surface area (Å²) in [5.74, 6) is 0.559. The molecule has 0 atom stereocenters. The predicted octanol–water partition coefficient (Wildman–Crippen LogP) is 2.74. The molecule has 0 saturated carbocycles. The van der Waals surface area contributed by atoms with E-state index in [0.29, 0.717) is 5.75 Å². The van der Waals surface area contributed by atoms with Crippen molar-refractivity contribution < 1.29 is 21.9 Å². The van der Waals surface area contributed by atoms with Crippen molar-refractivity contribution in [2.24, 2.45) is 0 Å². The van der Waals surface area contributed by atoms with Crippen LogP contribution in [0, 0.1) is 0 Å². The van der Waals surface area contributed by atoms with Crippen LogP contribution in [-0.2, 0) is 16.6 Å². The van der Waals surface area contributed by atoms with Crippen molar-refractivity contribution in [2.45, 2.75) is 37.8 Å². The fourth-order valence-corrected chi connectivity index (χ4v) is 2.87. The molecule has 0 aliphatic carbocycles. The molecule has 0 aliphatic rings. The number of alkyl halides is 2. The molecule has 0 fully saturated rings. The number of hydrogen-bond acceptors (Lipinski definition) is 4. The second-order valence-electron chi connectivity index (χ2n) is 5.09. The van der Waals surface area contributed by atoms with Gasteiger partial charge in [-0.2, -0.15) is 5.10 Å². The van der Waals surface area contributed by atoms with Crippen LogP contribution in [0.4, 0.5) is 14.5 Å². The Balaban J connectivity index is 2.10. The lowest BCUT2D eigenvalue weighted by Gasteiger charge is -2.10. The normalized spacial score (nSPS) is 11.9. The van der Waals surface area contributed by atoms with Gasteiger partial charge in [0, 0.05) is 6.20 Å². The van der Waals surface area contributed by atoms with Crippen LogP contribution in [-0.4, -0.2) is 30.7 Å². The standard InChI is InChI=1S/C14H17F2N3O3S/c1-10(2)22-12-3-5-13(6-4-12)23(20,21)18-11-7-17-19(8-11)9-14(15)16/h3-8,10,14,18H,9H2,1-2H3. The molecular formula is C14H17F2N3O3S. The van der Waals surface area contributed by atoms with Crippen molar-refractivity contribution in [3.05, 3.63) is 36.7 Å². The van der Waals surface area contributed by atoms with Gasteiger partial charge >= 0.3 is 0 Å². The van der Waals surface area contributed by atoms with Crippen LogP contribution in [0.5, 0.6) is 5.75 Å². The lowest BCUT2D eigenvalue weighted by molar-refractivity contribution is 0.122. The maximum absolute atomic E-state index is 12.2. The predicted molar refractivity (Wildman–Crippen MR) is 81.2 cm³/mol. The minimum atomic E-state index is -3.82. The van der Waals surface area contributed by atoms with Crippen molar-refractivity contribution in [3.8, 4) is 5.75 Å². The van der Waals surface area contributed by atoms with Crippen LogP contribution in [0.15, 0.2) is 41.6 Å². The molecule has 1 aromatic heterocycles. The first-order valence-electron chi connectivity index (χ1n) is 6.86. The number of nitrogens with zero attached hydrogens (tertiary/aromatic N) is 2. The fourth-order valence-electron chi connectivity index (χ4n) is 1.84. The first-order valence-corrected chi connectivity index (χ1v) is 8.35. The Morgan fingerprint density at radius 2 is 1.91 bits per heavy atom. The molecule has 1 N–H and O–H groups in total. The van der Waals surface area contributed by atoms with Crippen LogP contribution < -0.4 is 9.46 Å². The van der Waals surface area contributed by atoms with E-state index in [-0.39, 0.29) is 16.7 Å². The smallest absolute Gasteiger partial charge is 0.261 e. The Morgan fingerprint density at radius 3 is 2.48 bits per heavy atom. The Labute approximate surface area is 133 Å². The zero-order valence-electron chi connectivity index (χ0n) is 12.6. The Hall–Kier alpha value is -2.16. The van der Waals surface area contributed by atoms with Crippen LogP contribution in [0.2, 0.25) is 0 Å². The number of hydrogen-bond donors (Lipinski definition) is 1. The molecule has 0 bridgehead atoms. The molecule has 9 heteroatoms. The summed E-state index contributed by atoms with van der Waals surface area (Å²) in [6.45, 7) is 3.13. The summed E-state index contributed by atoms with van der Waals surface area (Å²) >= 11 is 0. The third-order valence-corrected chi connectivity index (χ3v) is 4.11. The monoisotopic (exact) mass is 345 g/mol. The molecular weight excluding hydrogens is 328 g/mol. The highest BCUT2D eigenvalue weighted by molar-refractivity contribution is 7.92. The molecule has 0 amide bonds. The Morgan fingerprint density at radius 1 is 1.26 bits per heavy atom. The molecule has 2 aromatic rings. The number of sulfonamides is 1. The first-order chi connectivity index (χ1) is 10.8. The summed E-state index contributed by atoms with van der Waals surface area (Å²) in [7, 11) is -3.82. The van der Waals surface area contributed by atoms with E-state index in [1.165, 1.54) is 24.5 Å². The number of halogens is 2. The number of anilines is 1. The second-order valence-corrected chi connectivity index (χ2v) is 6.77. The van der Waals surface area contributed by atoms with Gasteiger partial charge in [-0.1, -0.05) is 0 Å². The number of ether oxygens (including phenoxy) is 1. The second kappa shape index (κ2) is 6.95. The fraction of sp³-hybridized carbons (Fsp3) is 0.357. The van der Waals surface area contributed by atoms with Gasteiger partial charge in [0.25, 0.3) is 16.4 Å². The topological polar surface area (TPSA) is 73.2 Å². The van der Waals surface area contributed by atoms with Crippen LogP contribution >= 0.6 is 0 Å². The highest BCUT2D eigenvalue weighted by Crippen LogP contribution is 2.20. The van der Waals surface area contributed by atoms with E-state index in [1.54, 1.807) is 12.1 Å². The molecule has 126 valence electrons. The highest BCUT2D eigenvalue weighted by atomic mass is 32.2. The molecule has 6 nitrogen and oxygen atoms in total. The third kappa shape index (κ3) is 4.92. The summed E-state index contributed by atoms with van der Waals surface area (Å²) < 4.78 is 57.7. The van der Waals surface area contributed by atoms with Gasteiger partial charge < -0.3 is 4.74 Å². The minimum absolute atomic E-state index is 0.0174. The van der Waals surface area contributed by atoms with Gasteiger partial charge in [-0.05, 0) is 38.1 Å². The van der Waals surface area contributed by atoms with Gasteiger partial charge in [-0.3, -0.25) is 9.40 Å². The zero-order chi connectivity index (χ0) is 17.0. The van der Waals surface area contributed by atoms with Crippen molar-refractivity contribution in [1.29, 1.82) is 0 Å². The maximum atomic E-state index is 12.2. The van der Waals surface area contributed by atoms with Crippen molar-refractivity contribution in [2.75, 3.05) is 4.72 Å². The summed E-state index contributed by atoms with van der Waals surface area (Å²) in [6.07, 6.45) is -0.194. The minimum Gasteiger partial charge on any atom is -0.491 e. The van der Waals surface area contributed by atoms with Gasteiger partial charge in [0.2, 0.25) is 0 Å². The SMILES string of the molecule is CC(C)Oc1ccc(S(=O)(=O)Nc2cnn(CC(F)F)c2)cc1. The van der Waals surface area contributed by atoms with Gasteiger partial charge in [0.15, 0.2) is 0 Å². The molecule has 0 saturated heterocycles. The lowest BCUT2D eigenvalue weighted by Crippen LogP contribution is -2.13. The summed E-state index contributed by atoms with van der Waals surface area (Å²) in [5, 5.41) is 3.67. The van der Waals surface area contributed by atoms with E-state index in [4.69, 9.17) is 4.74 Å². The lowest BCUT2D eigenvalue weighted by atomic mass is 10.3. The van der Waals surface area contributed by atoms with Crippen LogP contribution in [0.25, 0.3) is 0 Å². The molecule has 1 heterocycles. The average Bonchev–Trinajstić information content (AvgIpc) is 2.84. The summed E-state index contributed by atoms with van der Waals surface area (Å²) in [6, 6.07) is 5.91. The van der Waals surface area contributed by atoms with Crippen molar-refractivity contribution in [3.63, 3.8) is 0 Å². The van der Waals surface area contributed by atoms with Crippen LogP contribution in [0.3, 0.4) is 0 Å². The largest absolute Gasteiger partial charge is 0.491 e. The zero-order valence-corrected chi connectivity index (χ0v) is 13.4. The number of benzene rings is 1.